The van der Waals surface area contributed by atoms with Gasteiger partial charge in [0.1, 0.15) is 15.9 Å². The van der Waals surface area contributed by atoms with Crippen molar-refractivity contribution in [1.82, 2.24) is 5.32 Å². The van der Waals surface area contributed by atoms with E-state index in [2.05, 4.69) is 90.4 Å². The first kappa shape index (κ1) is 28.5. The van der Waals surface area contributed by atoms with Crippen molar-refractivity contribution < 1.29 is 28.8 Å². The lowest BCUT2D eigenvalue weighted by atomic mass is 10.2. The fraction of sp³-hybridized carbons (Fsp3) is 0.100. The Morgan fingerprint density at radius 3 is 1.64 bits per heavy atom. The Bertz CT molecular complexity index is 1170. The van der Waals surface area contributed by atoms with Crippen LogP contribution in [0.1, 0.15) is 23.7 Å². The summed E-state index contributed by atoms with van der Waals surface area (Å²) in [5.74, 6) is 0.829. The normalized spacial score (nSPS) is 11.4. The largest absolute Gasteiger partial charge is 1.00 e. The van der Waals surface area contributed by atoms with Gasteiger partial charge in [-0.3, -0.25) is 10.1 Å². The minimum Gasteiger partial charge on any atom is -1.00 e. The summed E-state index contributed by atoms with van der Waals surface area (Å²) in [6.45, 7) is 2.17. The third-order valence-corrected chi connectivity index (χ3v) is 11.3. The van der Waals surface area contributed by atoms with Crippen LogP contribution in [0.5, 0.6) is 0 Å². The van der Waals surface area contributed by atoms with Crippen LogP contribution in [-0.4, -0.2) is 11.7 Å². The number of halogens is 2. The van der Waals surface area contributed by atoms with Crippen LogP contribution < -0.4 is 45.2 Å². The van der Waals surface area contributed by atoms with Crippen molar-refractivity contribution in [2.24, 2.45) is 0 Å². The molecule has 0 unspecified atom stereocenters. The molecule has 1 amide bonds. The van der Waals surface area contributed by atoms with Crippen molar-refractivity contribution in [1.29, 1.82) is 0 Å². The zero-order valence-corrected chi connectivity index (χ0v) is 24.6. The molecule has 0 radical (unpaired) electrons. The molecule has 4 aromatic carbocycles. The molecule has 0 aromatic heterocycles. The summed E-state index contributed by atoms with van der Waals surface area (Å²) in [6.07, 6.45) is 1.05. The van der Waals surface area contributed by atoms with Gasteiger partial charge in [0.15, 0.2) is 12.7 Å². The molecule has 4 aromatic rings. The maximum Gasteiger partial charge on any atom is 0.258 e. The lowest BCUT2D eigenvalue weighted by molar-refractivity contribution is -0.0000150. The average Bonchev–Trinajstić information content (AvgIpc) is 2.91. The lowest BCUT2D eigenvalue weighted by Crippen LogP contribution is -3.00. The van der Waals surface area contributed by atoms with E-state index in [0.29, 0.717) is 10.6 Å². The van der Waals surface area contributed by atoms with E-state index in [1.807, 2.05) is 18.2 Å². The topological polar surface area (TPSA) is 29.1 Å². The van der Waals surface area contributed by atoms with Crippen LogP contribution >= 0.6 is 30.6 Å². The number of carbonyl (C=O) groups excluding carboxylic acids is 1. The number of benzene rings is 4. The van der Waals surface area contributed by atoms with E-state index >= 15 is 0 Å². The van der Waals surface area contributed by atoms with E-state index in [0.717, 1.165) is 17.6 Å². The number of amides is 1. The molecule has 0 aliphatic carbocycles. The standard InChI is InChI=1S/C30H27ClNOPS.HI/c1-2-22-35-23-29(32-30(33)24-18-20-25(31)21-19-24)34(26-12-6-3-7-13-26,27-14-8-4-9-15-27)28-16-10-5-11-17-28;/h3-21,23H,2,22H2,1H3;1H/b29-23+;. The number of thioether (sulfide) groups is 1. The van der Waals surface area contributed by atoms with E-state index in [4.69, 9.17) is 11.6 Å². The van der Waals surface area contributed by atoms with Gasteiger partial charge >= 0.3 is 0 Å². The van der Waals surface area contributed by atoms with Gasteiger partial charge in [-0.2, -0.15) is 0 Å². The molecule has 2 nitrogen and oxygen atoms in total. The van der Waals surface area contributed by atoms with E-state index < -0.39 is 7.26 Å². The average molecular weight is 644 g/mol. The second-order valence-electron chi connectivity index (χ2n) is 8.01. The van der Waals surface area contributed by atoms with Crippen molar-refractivity contribution in [3.05, 3.63) is 137 Å². The minimum absolute atomic E-state index is 0. The molecule has 4 rings (SSSR count). The summed E-state index contributed by atoms with van der Waals surface area (Å²) in [7, 11) is -2.41. The summed E-state index contributed by atoms with van der Waals surface area (Å²) in [5.41, 5.74) is 1.51. The number of hydrogen-bond donors (Lipinski definition) is 1. The van der Waals surface area contributed by atoms with E-state index in [9.17, 15) is 4.79 Å². The maximum absolute atomic E-state index is 13.6. The highest BCUT2D eigenvalue weighted by Crippen LogP contribution is 2.61. The molecule has 6 heteroatoms. The van der Waals surface area contributed by atoms with E-state index in [1.165, 1.54) is 15.9 Å². The third-order valence-electron chi connectivity index (χ3n) is 5.66. The first-order valence-corrected chi connectivity index (χ1v) is 14.8. The lowest BCUT2D eigenvalue weighted by Gasteiger charge is -2.29. The summed E-state index contributed by atoms with van der Waals surface area (Å²) >= 11 is 7.82. The van der Waals surface area contributed by atoms with Crippen LogP contribution in [0, 0.1) is 0 Å². The third kappa shape index (κ3) is 6.41. The molecule has 1 N–H and O–H groups in total. The smallest absolute Gasteiger partial charge is 0.258 e. The summed E-state index contributed by atoms with van der Waals surface area (Å²) in [4.78, 5) is 13.6. The summed E-state index contributed by atoms with van der Waals surface area (Å²) in [5, 5.41) is 9.70. The van der Waals surface area contributed by atoms with Crippen molar-refractivity contribution >= 4 is 52.4 Å². The van der Waals surface area contributed by atoms with Gasteiger partial charge in [0.05, 0.1) is 0 Å². The fourth-order valence-electron chi connectivity index (χ4n) is 4.06. The highest BCUT2D eigenvalue weighted by molar-refractivity contribution is 8.04. The number of nitrogens with one attached hydrogen (secondary N) is 1. The summed E-state index contributed by atoms with van der Waals surface area (Å²) in [6, 6.07) is 38.7. The number of rotatable bonds is 9. The second-order valence-corrected chi connectivity index (χ2v) is 12.8. The molecular formula is C30H28ClINOPS. The molecule has 0 saturated carbocycles. The maximum atomic E-state index is 13.6. The Morgan fingerprint density at radius 2 is 1.22 bits per heavy atom. The SMILES string of the molecule is CCCS/C=C(\NC(=O)c1ccc(Cl)cc1)[P+](c1ccccc1)(c1ccccc1)c1ccccc1.[I-]. The zero-order valence-electron chi connectivity index (χ0n) is 20.0. The molecule has 184 valence electrons. The van der Waals surface area contributed by atoms with E-state index in [-0.39, 0.29) is 29.9 Å². The van der Waals surface area contributed by atoms with Gasteiger partial charge in [0.2, 0.25) is 0 Å². The molecule has 36 heavy (non-hydrogen) atoms. The Hall–Kier alpha value is -2.11. The van der Waals surface area contributed by atoms with Gasteiger partial charge in [0, 0.05) is 16.0 Å². The van der Waals surface area contributed by atoms with Crippen LogP contribution in [0.2, 0.25) is 5.02 Å². The van der Waals surface area contributed by atoms with Gasteiger partial charge in [-0.15, -0.1) is 11.8 Å². The van der Waals surface area contributed by atoms with Gasteiger partial charge in [0.25, 0.3) is 5.91 Å². The molecule has 0 fully saturated rings. The first-order chi connectivity index (χ1) is 17.2. The Morgan fingerprint density at radius 1 is 0.778 bits per heavy atom. The van der Waals surface area contributed by atoms with Crippen molar-refractivity contribution in [2.45, 2.75) is 13.3 Å². The quantitative estimate of drug-likeness (QED) is 0.170. The fourth-order valence-corrected chi connectivity index (χ4v) is 9.47. The molecule has 0 saturated heterocycles. The molecule has 0 bridgehead atoms. The Kier molecular flexibility index (Phi) is 11.1. The first-order valence-electron chi connectivity index (χ1n) is 11.6. The van der Waals surface area contributed by atoms with Crippen molar-refractivity contribution in [3.8, 4) is 0 Å². The van der Waals surface area contributed by atoms with Crippen LogP contribution in [0.15, 0.2) is 126 Å². The monoisotopic (exact) mass is 643 g/mol. The predicted octanol–water partition coefficient (Wildman–Crippen LogP) is 4.01. The highest BCUT2D eigenvalue weighted by Gasteiger charge is 2.50. The Labute approximate surface area is 240 Å². The molecule has 0 heterocycles. The van der Waals surface area contributed by atoms with Crippen LogP contribution in [0.25, 0.3) is 0 Å². The summed E-state index contributed by atoms with van der Waals surface area (Å²) < 4.78 is 0. The van der Waals surface area contributed by atoms with Crippen molar-refractivity contribution in [3.63, 3.8) is 0 Å². The van der Waals surface area contributed by atoms with Gasteiger partial charge in [-0.25, -0.2) is 0 Å². The number of hydrogen-bond acceptors (Lipinski definition) is 2. The second kappa shape index (κ2) is 14.0. The molecule has 0 aliphatic rings. The predicted molar refractivity (Wildman–Crippen MR) is 155 cm³/mol. The van der Waals surface area contributed by atoms with Crippen LogP contribution in [0.4, 0.5) is 0 Å². The van der Waals surface area contributed by atoms with E-state index in [1.54, 1.807) is 36.0 Å². The van der Waals surface area contributed by atoms with Gasteiger partial charge in [-0.05, 0) is 72.8 Å². The van der Waals surface area contributed by atoms with Crippen LogP contribution in [-0.2, 0) is 0 Å². The minimum atomic E-state index is -2.41. The zero-order chi connectivity index (χ0) is 24.5. The number of carbonyl (C=O) groups is 1. The molecule has 0 atom stereocenters. The Balaban J connectivity index is 0.00000361. The van der Waals surface area contributed by atoms with Crippen molar-refractivity contribution in [2.75, 3.05) is 5.75 Å². The molecular weight excluding hydrogens is 616 g/mol. The van der Waals surface area contributed by atoms with Gasteiger partial charge in [-0.1, -0.05) is 73.1 Å². The molecule has 0 spiro atoms. The van der Waals surface area contributed by atoms with Gasteiger partial charge < -0.3 is 24.0 Å². The highest BCUT2D eigenvalue weighted by atomic mass is 127. The van der Waals surface area contributed by atoms with Crippen LogP contribution in [0.3, 0.4) is 0 Å². The molecule has 0 aliphatic heterocycles.